The molecule has 1 aliphatic rings. The van der Waals surface area contributed by atoms with Crippen LogP contribution >= 0.6 is 11.6 Å². The van der Waals surface area contributed by atoms with Gasteiger partial charge in [0.2, 0.25) is 0 Å². The molecular weight excluding hydrogens is 300 g/mol. The molecule has 0 amide bonds. The van der Waals surface area contributed by atoms with E-state index in [9.17, 15) is 4.79 Å². The van der Waals surface area contributed by atoms with E-state index < -0.39 is 5.60 Å². The number of fused-ring (bicyclic) bond motifs is 1. The number of hydrogen-bond acceptors (Lipinski definition) is 3. The van der Waals surface area contributed by atoms with Gasteiger partial charge in [-0.15, -0.1) is 0 Å². The summed E-state index contributed by atoms with van der Waals surface area (Å²) in [6.45, 7) is 2.17. The molecule has 3 nitrogen and oxygen atoms in total. The van der Waals surface area contributed by atoms with Gasteiger partial charge in [-0.1, -0.05) is 35.9 Å². The standard InChI is InChI=1S/C18H17ClO3/c1-18(12-21-17(20)14-5-3-2-4-6-14)10-9-13-7-8-15(19)11-16(13)22-18/h2-8,11H,9-10,12H2,1H3. The van der Waals surface area contributed by atoms with E-state index in [0.717, 1.165) is 24.2 Å². The smallest absolute Gasteiger partial charge is 0.338 e. The average molecular weight is 317 g/mol. The monoisotopic (exact) mass is 316 g/mol. The molecule has 0 aromatic heterocycles. The molecule has 1 unspecified atom stereocenters. The summed E-state index contributed by atoms with van der Waals surface area (Å²) in [5.74, 6) is 0.444. The lowest BCUT2D eigenvalue weighted by atomic mass is 9.93. The number of rotatable bonds is 3. The third-order valence-corrected chi connectivity index (χ3v) is 4.06. The summed E-state index contributed by atoms with van der Waals surface area (Å²) < 4.78 is 11.4. The third kappa shape index (κ3) is 3.25. The fourth-order valence-electron chi connectivity index (χ4n) is 2.52. The van der Waals surface area contributed by atoms with Crippen molar-refractivity contribution in [1.29, 1.82) is 0 Å². The highest BCUT2D eigenvalue weighted by Gasteiger charge is 2.33. The molecule has 0 spiro atoms. The number of carbonyl (C=O) groups excluding carboxylic acids is 1. The first-order chi connectivity index (χ1) is 10.6. The Morgan fingerprint density at radius 2 is 2.05 bits per heavy atom. The molecule has 0 fully saturated rings. The minimum atomic E-state index is -0.526. The maximum atomic E-state index is 12.0. The highest BCUT2D eigenvalue weighted by atomic mass is 35.5. The lowest BCUT2D eigenvalue weighted by Crippen LogP contribution is -2.41. The zero-order valence-corrected chi connectivity index (χ0v) is 13.1. The first kappa shape index (κ1) is 14.9. The van der Waals surface area contributed by atoms with E-state index in [-0.39, 0.29) is 12.6 Å². The van der Waals surface area contributed by atoms with Crippen molar-refractivity contribution in [1.82, 2.24) is 0 Å². The Bertz CT molecular complexity index is 684. The van der Waals surface area contributed by atoms with Crippen LogP contribution < -0.4 is 4.74 Å². The normalized spacial score (nSPS) is 19.9. The van der Waals surface area contributed by atoms with E-state index in [1.54, 1.807) is 12.1 Å². The van der Waals surface area contributed by atoms with Gasteiger partial charge in [0, 0.05) is 5.02 Å². The van der Waals surface area contributed by atoms with Crippen LogP contribution in [0.3, 0.4) is 0 Å². The molecule has 1 aliphatic heterocycles. The minimum absolute atomic E-state index is 0.215. The van der Waals surface area contributed by atoms with Crippen LogP contribution in [0.4, 0.5) is 0 Å². The summed E-state index contributed by atoms with van der Waals surface area (Å²) in [6, 6.07) is 14.6. The van der Waals surface area contributed by atoms with Crippen molar-refractivity contribution in [3.63, 3.8) is 0 Å². The Balaban J connectivity index is 1.67. The molecule has 3 rings (SSSR count). The van der Waals surface area contributed by atoms with E-state index in [1.807, 2.05) is 43.3 Å². The Morgan fingerprint density at radius 3 is 2.82 bits per heavy atom. The van der Waals surface area contributed by atoms with E-state index >= 15 is 0 Å². The van der Waals surface area contributed by atoms with Crippen LogP contribution in [0.2, 0.25) is 5.02 Å². The average Bonchev–Trinajstić information content (AvgIpc) is 2.53. The Morgan fingerprint density at radius 1 is 1.27 bits per heavy atom. The van der Waals surface area contributed by atoms with Crippen molar-refractivity contribution >= 4 is 17.6 Å². The summed E-state index contributed by atoms with van der Waals surface area (Å²) >= 11 is 6.01. The van der Waals surface area contributed by atoms with Crippen LogP contribution in [0, 0.1) is 0 Å². The van der Waals surface area contributed by atoms with Crippen molar-refractivity contribution in [2.24, 2.45) is 0 Å². The second-order valence-corrected chi connectivity index (χ2v) is 6.18. The van der Waals surface area contributed by atoms with E-state index in [1.165, 1.54) is 0 Å². The van der Waals surface area contributed by atoms with Gasteiger partial charge >= 0.3 is 5.97 Å². The number of benzene rings is 2. The molecule has 1 atom stereocenters. The quantitative estimate of drug-likeness (QED) is 0.793. The fraction of sp³-hybridized carbons (Fsp3) is 0.278. The zero-order valence-electron chi connectivity index (χ0n) is 12.3. The van der Waals surface area contributed by atoms with Gasteiger partial charge in [0.05, 0.1) is 5.56 Å². The van der Waals surface area contributed by atoms with Crippen molar-refractivity contribution in [3.8, 4) is 5.75 Å². The molecule has 114 valence electrons. The molecule has 0 bridgehead atoms. The summed E-state index contributed by atoms with van der Waals surface area (Å²) in [4.78, 5) is 12.0. The maximum absolute atomic E-state index is 12.0. The molecule has 1 heterocycles. The Hall–Kier alpha value is -2.00. The molecule has 0 saturated heterocycles. The van der Waals surface area contributed by atoms with Crippen LogP contribution in [0.1, 0.15) is 29.3 Å². The summed E-state index contributed by atoms with van der Waals surface area (Å²) in [5, 5.41) is 0.643. The lowest BCUT2D eigenvalue weighted by molar-refractivity contribution is -0.0159. The predicted molar refractivity (Wildman–Crippen MR) is 85.5 cm³/mol. The maximum Gasteiger partial charge on any atom is 0.338 e. The number of esters is 1. The van der Waals surface area contributed by atoms with Crippen molar-refractivity contribution in [3.05, 3.63) is 64.7 Å². The molecule has 2 aromatic rings. The second-order valence-electron chi connectivity index (χ2n) is 5.75. The van der Waals surface area contributed by atoms with Gasteiger partial charge in [-0.3, -0.25) is 0 Å². The predicted octanol–water partition coefficient (Wildman–Crippen LogP) is 4.28. The van der Waals surface area contributed by atoms with Gasteiger partial charge in [-0.05, 0) is 49.6 Å². The highest BCUT2D eigenvalue weighted by Crippen LogP contribution is 2.35. The lowest BCUT2D eigenvalue weighted by Gasteiger charge is -2.35. The van der Waals surface area contributed by atoms with Crippen LogP contribution in [0.25, 0.3) is 0 Å². The van der Waals surface area contributed by atoms with E-state index in [0.29, 0.717) is 10.6 Å². The largest absolute Gasteiger partial charge is 0.484 e. The third-order valence-electron chi connectivity index (χ3n) is 3.83. The van der Waals surface area contributed by atoms with Gasteiger partial charge in [-0.2, -0.15) is 0 Å². The molecule has 2 aromatic carbocycles. The SMILES string of the molecule is CC1(COC(=O)c2ccccc2)CCc2ccc(Cl)cc2O1. The summed E-state index contributed by atoms with van der Waals surface area (Å²) in [6.07, 6.45) is 1.68. The fourth-order valence-corrected chi connectivity index (χ4v) is 2.69. The van der Waals surface area contributed by atoms with Crippen LogP contribution in [-0.4, -0.2) is 18.2 Å². The van der Waals surface area contributed by atoms with Crippen molar-refractivity contribution in [2.45, 2.75) is 25.4 Å². The zero-order chi connectivity index (χ0) is 15.6. The highest BCUT2D eigenvalue weighted by molar-refractivity contribution is 6.30. The van der Waals surface area contributed by atoms with Gasteiger partial charge in [0.15, 0.2) is 0 Å². The molecule has 22 heavy (non-hydrogen) atoms. The number of aryl methyl sites for hydroxylation is 1. The first-order valence-electron chi connectivity index (χ1n) is 7.25. The van der Waals surface area contributed by atoms with Gasteiger partial charge in [0.25, 0.3) is 0 Å². The minimum Gasteiger partial charge on any atom is -0.484 e. The second kappa shape index (κ2) is 6.01. The number of halogens is 1. The van der Waals surface area contributed by atoms with E-state index in [2.05, 4.69) is 0 Å². The van der Waals surface area contributed by atoms with Crippen molar-refractivity contribution in [2.75, 3.05) is 6.61 Å². The van der Waals surface area contributed by atoms with E-state index in [4.69, 9.17) is 21.1 Å². The van der Waals surface area contributed by atoms with Gasteiger partial charge < -0.3 is 9.47 Å². The first-order valence-corrected chi connectivity index (χ1v) is 7.63. The number of ether oxygens (including phenoxy) is 2. The van der Waals surface area contributed by atoms with Gasteiger partial charge in [0.1, 0.15) is 18.0 Å². The van der Waals surface area contributed by atoms with Gasteiger partial charge in [-0.25, -0.2) is 4.79 Å². The molecule has 0 N–H and O–H groups in total. The topological polar surface area (TPSA) is 35.5 Å². The van der Waals surface area contributed by atoms with Crippen LogP contribution in [0.5, 0.6) is 5.75 Å². The molecular formula is C18H17ClO3. The molecule has 0 radical (unpaired) electrons. The van der Waals surface area contributed by atoms with Crippen LogP contribution in [-0.2, 0) is 11.2 Å². The number of carbonyl (C=O) groups is 1. The summed E-state index contributed by atoms with van der Waals surface area (Å²) in [5.41, 5.74) is 1.16. The number of hydrogen-bond donors (Lipinski definition) is 0. The Kier molecular flexibility index (Phi) is 4.08. The molecule has 4 heteroatoms. The molecule has 0 aliphatic carbocycles. The summed E-state index contributed by atoms with van der Waals surface area (Å²) in [7, 11) is 0. The van der Waals surface area contributed by atoms with Crippen LogP contribution in [0.15, 0.2) is 48.5 Å². The Labute approximate surface area is 134 Å². The molecule has 0 saturated carbocycles. The van der Waals surface area contributed by atoms with Crippen molar-refractivity contribution < 1.29 is 14.3 Å².